The fourth-order valence-corrected chi connectivity index (χ4v) is 9.60. The van der Waals surface area contributed by atoms with Crippen LogP contribution in [0.1, 0.15) is 0 Å². The van der Waals surface area contributed by atoms with E-state index in [1.807, 2.05) is 84.9 Å². The molecule has 0 fully saturated rings. The maximum Gasteiger partial charge on any atom is 0.238 e. The first-order valence-electron chi connectivity index (χ1n) is 20.5. The molecule has 290 valence electrons. The average Bonchev–Trinajstić information content (AvgIpc) is 3.90. The molecule has 0 bridgehead atoms. The molecule has 0 atom stereocenters. The number of thiophene rings is 1. The van der Waals surface area contributed by atoms with Gasteiger partial charge in [0.15, 0.2) is 29.1 Å². The van der Waals surface area contributed by atoms with Gasteiger partial charge >= 0.3 is 0 Å². The Bertz CT molecular complexity index is 3570. The van der Waals surface area contributed by atoms with Crippen molar-refractivity contribution in [3.8, 4) is 74.0 Å². The van der Waals surface area contributed by atoms with Gasteiger partial charge in [0.25, 0.3) is 0 Å². The first-order chi connectivity index (χ1) is 30.7. The first kappa shape index (κ1) is 35.7. The summed E-state index contributed by atoms with van der Waals surface area (Å²) in [5.74, 6) is 3.65. The molecular formula is C54H33N7S. The molecule has 0 aliphatic heterocycles. The van der Waals surface area contributed by atoms with Crippen molar-refractivity contribution in [3.05, 3.63) is 200 Å². The van der Waals surface area contributed by atoms with Gasteiger partial charge in [-0.2, -0.15) is 9.97 Å². The molecule has 8 aromatic carbocycles. The highest BCUT2D eigenvalue weighted by Gasteiger charge is 2.21. The third kappa shape index (κ3) is 6.20. The summed E-state index contributed by atoms with van der Waals surface area (Å²) >= 11 is 1.72. The fourth-order valence-electron chi connectivity index (χ4n) is 8.35. The van der Waals surface area contributed by atoms with E-state index in [9.17, 15) is 0 Å². The van der Waals surface area contributed by atoms with Crippen LogP contribution in [0.15, 0.2) is 200 Å². The van der Waals surface area contributed by atoms with Crippen LogP contribution in [-0.2, 0) is 0 Å². The van der Waals surface area contributed by atoms with Crippen LogP contribution >= 0.6 is 11.3 Å². The molecule has 0 saturated carbocycles. The molecule has 0 aliphatic rings. The van der Waals surface area contributed by atoms with Crippen molar-refractivity contribution in [2.75, 3.05) is 0 Å². The second-order valence-electron chi connectivity index (χ2n) is 15.1. The van der Waals surface area contributed by atoms with Crippen LogP contribution in [0.25, 0.3) is 116 Å². The molecule has 0 aliphatic carbocycles. The van der Waals surface area contributed by atoms with Crippen molar-refractivity contribution < 1.29 is 0 Å². The molecule has 0 amide bonds. The van der Waals surface area contributed by atoms with Crippen molar-refractivity contribution in [2.24, 2.45) is 0 Å². The van der Waals surface area contributed by atoms with Crippen LogP contribution in [0.2, 0.25) is 0 Å². The van der Waals surface area contributed by atoms with Gasteiger partial charge in [-0.25, -0.2) is 19.9 Å². The predicted molar refractivity (Wildman–Crippen MR) is 253 cm³/mol. The van der Waals surface area contributed by atoms with E-state index in [0.717, 1.165) is 80.9 Å². The highest BCUT2D eigenvalue weighted by atomic mass is 32.1. The second-order valence-corrected chi connectivity index (χ2v) is 16.2. The lowest BCUT2D eigenvalue weighted by atomic mass is 10.0. The van der Waals surface area contributed by atoms with Crippen molar-refractivity contribution in [1.29, 1.82) is 0 Å². The average molecular weight is 812 g/mol. The molecule has 0 spiro atoms. The molecule has 0 unspecified atom stereocenters. The minimum atomic E-state index is 0.559. The van der Waals surface area contributed by atoms with Crippen molar-refractivity contribution in [2.45, 2.75) is 0 Å². The van der Waals surface area contributed by atoms with Crippen LogP contribution in [0.4, 0.5) is 0 Å². The summed E-state index contributed by atoms with van der Waals surface area (Å²) in [6.45, 7) is 0. The molecule has 62 heavy (non-hydrogen) atoms. The van der Waals surface area contributed by atoms with Gasteiger partial charge in [0.2, 0.25) is 5.95 Å². The van der Waals surface area contributed by atoms with Crippen LogP contribution in [0.3, 0.4) is 0 Å². The van der Waals surface area contributed by atoms with Gasteiger partial charge in [-0.15, -0.1) is 11.3 Å². The molecule has 12 rings (SSSR count). The largest absolute Gasteiger partial charge is 0.278 e. The van der Waals surface area contributed by atoms with Gasteiger partial charge in [-0.05, 0) is 35.4 Å². The number of aromatic nitrogens is 7. The number of hydrogen-bond acceptors (Lipinski definition) is 7. The standard InChI is InChI=1S/C54H33N7S/c1-5-16-34(17-6-1)38-28-30-41-40-24-13-14-27-45(40)61(46(41)32-38)54-59-51(37-22-11-4-12-23-37)58-53(60-54)44-26-15-25-43-42-31-29-39(33-47(42)62-48(43)44)52-56-49(35-18-7-2-8-19-35)55-50(57-52)36-20-9-3-10-21-36/h1-33H. The molecule has 4 aromatic heterocycles. The number of nitrogens with zero attached hydrogens (tertiary/aromatic N) is 7. The van der Waals surface area contributed by atoms with E-state index in [1.54, 1.807) is 11.3 Å². The van der Waals surface area contributed by atoms with Gasteiger partial charge in [0.1, 0.15) is 0 Å². The fraction of sp³-hybridized carbons (Fsp3) is 0. The normalized spacial score (nSPS) is 11.5. The number of hydrogen-bond donors (Lipinski definition) is 0. The van der Waals surface area contributed by atoms with Crippen LogP contribution in [0, 0.1) is 0 Å². The van der Waals surface area contributed by atoms with Gasteiger partial charge in [0.05, 0.1) is 11.0 Å². The Balaban J connectivity index is 1.04. The highest BCUT2D eigenvalue weighted by molar-refractivity contribution is 7.26. The summed E-state index contributed by atoms with van der Waals surface area (Å²) in [5, 5.41) is 4.55. The molecule has 8 heteroatoms. The van der Waals surface area contributed by atoms with E-state index < -0.39 is 0 Å². The number of fused-ring (bicyclic) bond motifs is 6. The Morgan fingerprint density at radius 2 is 0.790 bits per heavy atom. The molecule has 0 N–H and O–H groups in total. The Hall–Kier alpha value is -8.20. The SMILES string of the molecule is c1ccc(-c2ccc3c4ccccc4n(-c4nc(-c5ccccc5)nc(-c5cccc6c5sc5cc(-c7nc(-c8ccccc8)nc(-c8ccccc8)n7)ccc56)n4)c3c2)cc1. The highest BCUT2D eigenvalue weighted by Crippen LogP contribution is 2.42. The van der Waals surface area contributed by atoms with Crippen molar-refractivity contribution in [1.82, 2.24) is 34.5 Å². The lowest BCUT2D eigenvalue weighted by Crippen LogP contribution is -2.06. The Kier molecular flexibility index (Phi) is 8.53. The zero-order chi connectivity index (χ0) is 41.0. The monoisotopic (exact) mass is 811 g/mol. The second kappa shape index (κ2) is 14.8. The van der Waals surface area contributed by atoms with Gasteiger partial charge < -0.3 is 0 Å². The van der Waals surface area contributed by atoms with Crippen LogP contribution in [0.5, 0.6) is 0 Å². The lowest BCUT2D eigenvalue weighted by Gasteiger charge is -2.12. The van der Waals surface area contributed by atoms with E-state index in [-0.39, 0.29) is 0 Å². The third-order valence-corrected chi connectivity index (χ3v) is 12.5. The summed E-state index contributed by atoms with van der Waals surface area (Å²) in [4.78, 5) is 30.7. The summed E-state index contributed by atoms with van der Waals surface area (Å²) in [6, 6.07) is 68.8. The maximum atomic E-state index is 5.36. The van der Waals surface area contributed by atoms with Gasteiger partial charge in [0, 0.05) is 58.8 Å². The van der Waals surface area contributed by atoms with Crippen molar-refractivity contribution in [3.63, 3.8) is 0 Å². The minimum absolute atomic E-state index is 0.559. The lowest BCUT2D eigenvalue weighted by molar-refractivity contribution is 0.954. The van der Waals surface area contributed by atoms with Gasteiger partial charge in [-0.1, -0.05) is 176 Å². The summed E-state index contributed by atoms with van der Waals surface area (Å²) < 4.78 is 4.39. The zero-order valence-electron chi connectivity index (χ0n) is 33.1. The number of para-hydroxylation sites is 1. The van der Waals surface area contributed by atoms with Crippen molar-refractivity contribution >= 4 is 53.3 Å². The molecule has 7 nitrogen and oxygen atoms in total. The predicted octanol–water partition coefficient (Wildman–Crippen LogP) is 13.5. The molecular weight excluding hydrogens is 779 g/mol. The van der Waals surface area contributed by atoms with Crippen LogP contribution in [-0.4, -0.2) is 34.5 Å². The Morgan fingerprint density at radius 3 is 1.45 bits per heavy atom. The van der Waals surface area contributed by atoms with E-state index >= 15 is 0 Å². The molecule has 0 saturated heterocycles. The summed E-state index contributed by atoms with van der Waals surface area (Å²) in [6.07, 6.45) is 0. The smallest absolute Gasteiger partial charge is 0.238 e. The minimum Gasteiger partial charge on any atom is -0.278 e. The number of benzene rings is 8. The molecule has 12 aromatic rings. The number of rotatable bonds is 7. The van der Waals surface area contributed by atoms with E-state index in [0.29, 0.717) is 35.1 Å². The third-order valence-electron chi connectivity index (χ3n) is 11.3. The Labute approximate surface area is 360 Å². The quantitative estimate of drug-likeness (QED) is 0.159. The van der Waals surface area contributed by atoms with Crippen LogP contribution < -0.4 is 0 Å². The van der Waals surface area contributed by atoms with E-state index in [1.165, 1.54) is 0 Å². The van der Waals surface area contributed by atoms with E-state index in [4.69, 9.17) is 29.9 Å². The van der Waals surface area contributed by atoms with Gasteiger partial charge in [-0.3, -0.25) is 4.57 Å². The summed E-state index contributed by atoms with van der Waals surface area (Å²) in [7, 11) is 0. The summed E-state index contributed by atoms with van der Waals surface area (Å²) in [5.41, 5.74) is 8.97. The Morgan fingerprint density at radius 1 is 0.306 bits per heavy atom. The zero-order valence-corrected chi connectivity index (χ0v) is 33.9. The molecule has 0 radical (unpaired) electrons. The topological polar surface area (TPSA) is 82.3 Å². The maximum absolute atomic E-state index is 5.36. The van der Waals surface area contributed by atoms with E-state index in [2.05, 4.69) is 120 Å². The molecule has 4 heterocycles. The first-order valence-corrected chi connectivity index (χ1v) is 21.3.